The van der Waals surface area contributed by atoms with Crippen LogP contribution in [0.1, 0.15) is 31.6 Å². The summed E-state index contributed by atoms with van der Waals surface area (Å²) in [6.07, 6.45) is 6.31. The van der Waals surface area contributed by atoms with E-state index < -0.39 is 0 Å². The van der Waals surface area contributed by atoms with Crippen LogP contribution in [0.25, 0.3) is 10.9 Å². The van der Waals surface area contributed by atoms with Crippen LogP contribution in [0.15, 0.2) is 46.2 Å². The van der Waals surface area contributed by atoms with E-state index in [-0.39, 0.29) is 12.5 Å². The SMILES string of the molecule is O=C(CSc1nnc(COc2cccc3cccnc23)o1)N1CCCCCC1. The second-order valence-corrected chi connectivity index (χ2v) is 7.59. The molecule has 1 fully saturated rings. The number of rotatable bonds is 6. The van der Waals surface area contributed by atoms with Gasteiger partial charge in [-0.1, -0.05) is 42.8 Å². The number of likely N-dealkylation sites (tertiary alicyclic amines) is 1. The van der Waals surface area contributed by atoms with Crippen molar-refractivity contribution in [3.8, 4) is 5.75 Å². The Morgan fingerprint density at radius 3 is 2.79 bits per heavy atom. The highest BCUT2D eigenvalue weighted by Gasteiger charge is 2.17. The molecule has 28 heavy (non-hydrogen) atoms. The van der Waals surface area contributed by atoms with E-state index in [1.807, 2.05) is 35.2 Å². The summed E-state index contributed by atoms with van der Waals surface area (Å²) in [4.78, 5) is 18.6. The van der Waals surface area contributed by atoms with Crippen molar-refractivity contribution < 1.29 is 13.9 Å². The molecule has 0 spiro atoms. The van der Waals surface area contributed by atoms with E-state index in [0.717, 1.165) is 36.8 Å². The summed E-state index contributed by atoms with van der Waals surface area (Å²) < 4.78 is 11.4. The van der Waals surface area contributed by atoms with Gasteiger partial charge in [-0.3, -0.25) is 9.78 Å². The summed E-state index contributed by atoms with van der Waals surface area (Å²) >= 11 is 1.27. The standard InChI is InChI=1S/C20H22N4O3S/c25-18(24-11-3-1-2-4-12-24)14-28-20-23-22-17(27-20)13-26-16-9-5-7-15-8-6-10-21-19(15)16/h5-10H,1-4,11-14H2. The molecule has 1 amide bonds. The lowest BCUT2D eigenvalue weighted by atomic mass is 10.2. The van der Waals surface area contributed by atoms with Gasteiger partial charge in [0.1, 0.15) is 11.3 Å². The molecule has 2 aromatic heterocycles. The van der Waals surface area contributed by atoms with E-state index in [9.17, 15) is 4.79 Å². The molecule has 3 heterocycles. The molecule has 0 bridgehead atoms. The minimum Gasteiger partial charge on any atom is -0.482 e. The molecule has 7 nitrogen and oxygen atoms in total. The highest BCUT2D eigenvalue weighted by Crippen LogP contribution is 2.24. The van der Waals surface area contributed by atoms with E-state index >= 15 is 0 Å². The van der Waals surface area contributed by atoms with Crippen molar-refractivity contribution in [2.75, 3.05) is 18.8 Å². The van der Waals surface area contributed by atoms with Crippen molar-refractivity contribution in [1.29, 1.82) is 0 Å². The third-order valence-electron chi connectivity index (χ3n) is 4.67. The van der Waals surface area contributed by atoms with Gasteiger partial charge in [0, 0.05) is 24.7 Å². The normalized spacial score (nSPS) is 14.8. The van der Waals surface area contributed by atoms with Crippen LogP contribution in [-0.2, 0) is 11.4 Å². The number of ether oxygens (including phenoxy) is 1. The van der Waals surface area contributed by atoms with Crippen LogP contribution in [0.2, 0.25) is 0 Å². The first-order valence-electron chi connectivity index (χ1n) is 9.49. The second kappa shape index (κ2) is 9.05. The van der Waals surface area contributed by atoms with Crippen molar-refractivity contribution in [3.05, 3.63) is 42.4 Å². The third-order valence-corrected chi connectivity index (χ3v) is 5.48. The molecule has 0 saturated carbocycles. The van der Waals surface area contributed by atoms with Crippen LogP contribution < -0.4 is 4.74 Å². The van der Waals surface area contributed by atoms with E-state index in [4.69, 9.17) is 9.15 Å². The van der Waals surface area contributed by atoms with Crippen LogP contribution in [0.5, 0.6) is 5.75 Å². The zero-order chi connectivity index (χ0) is 19.2. The Bertz CT molecular complexity index is 933. The first kappa shape index (κ1) is 18.7. The van der Waals surface area contributed by atoms with Crippen LogP contribution in [0.4, 0.5) is 0 Å². The van der Waals surface area contributed by atoms with Gasteiger partial charge in [0.25, 0.3) is 11.1 Å². The summed E-state index contributed by atoms with van der Waals surface area (Å²) in [5.74, 6) is 1.49. The topological polar surface area (TPSA) is 81.3 Å². The monoisotopic (exact) mass is 398 g/mol. The number of thioether (sulfide) groups is 1. The number of hydrogen-bond acceptors (Lipinski definition) is 7. The Labute approximate surface area is 167 Å². The van der Waals surface area contributed by atoms with Crippen molar-refractivity contribution >= 4 is 28.6 Å². The number of nitrogens with zero attached hydrogens (tertiary/aromatic N) is 4. The Morgan fingerprint density at radius 1 is 1.11 bits per heavy atom. The average Bonchev–Trinajstić information content (AvgIpc) is 3.01. The quantitative estimate of drug-likeness (QED) is 0.586. The minimum atomic E-state index is 0.129. The molecule has 0 N–H and O–H groups in total. The van der Waals surface area contributed by atoms with Gasteiger partial charge in [0.15, 0.2) is 6.61 Å². The molecule has 0 aliphatic carbocycles. The fourth-order valence-corrected chi connectivity index (χ4v) is 3.91. The molecular weight excluding hydrogens is 376 g/mol. The predicted molar refractivity (Wildman–Crippen MR) is 106 cm³/mol. The van der Waals surface area contributed by atoms with E-state index in [1.165, 1.54) is 24.6 Å². The second-order valence-electron chi connectivity index (χ2n) is 6.67. The van der Waals surface area contributed by atoms with Crippen molar-refractivity contribution in [2.45, 2.75) is 37.5 Å². The van der Waals surface area contributed by atoms with Gasteiger partial charge >= 0.3 is 0 Å². The zero-order valence-corrected chi connectivity index (χ0v) is 16.4. The van der Waals surface area contributed by atoms with Crippen LogP contribution >= 0.6 is 11.8 Å². The van der Waals surface area contributed by atoms with Crippen molar-refractivity contribution in [3.63, 3.8) is 0 Å². The minimum absolute atomic E-state index is 0.129. The molecule has 146 valence electrons. The number of pyridine rings is 1. The van der Waals surface area contributed by atoms with E-state index in [1.54, 1.807) is 6.20 Å². The predicted octanol–water partition coefficient (Wildman–Crippen LogP) is 3.69. The summed E-state index contributed by atoms with van der Waals surface area (Å²) in [7, 11) is 0. The summed E-state index contributed by atoms with van der Waals surface area (Å²) in [6.45, 7) is 1.85. The molecule has 0 unspecified atom stereocenters. The number of fused-ring (bicyclic) bond motifs is 1. The number of carbonyl (C=O) groups excluding carboxylic acids is 1. The van der Waals surface area contributed by atoms with Crippen LogP contribution in [0, 0.1) is 0 Å². The first-order valence-corrected chi connectivity index (χ1v) is 10.5. The number of carbonyl (C=O) groups is 1. The highest BCUT2D eigenvalue weighted by molar-refractivity contribution is 7.99. The van der Waals surface area contributed by atoms with Gasteiger partial charge in [-0.2, -0.15) is 0 Å². The summed E-state index contributed by atoms with van der Waals surface area (Å²) in [6, 6.07) is 9.64. The molecule has 1 saturated heterocycles. The average molecular weight is 398 g/mol. The van der Waals surface area contributed by atoms with Gasteiger partial charge in [0.05, 0.1) is 5.75 Å². The molecule has 0 radical (unpaired) electrons. The molecule has 4 rings (SSSR count). The Morgan fingerprint density at radius 2 is 1.93 bits per heavy atom. The van der Waals surface area contributed by atoms with Gasteiger partial charge in [0.2, 0.25) is 5.91 Å². The molecule has 1 aliphatic rings. The van der Waals surface area contributed by atoms with Gasteiger partial charge in [-0.05, 0) is 25.0 Å². The van der Waals surface area contributed by atoms with Crippen molar-refractivity contribution in [2.24, 2.45) is 0 Å². The number of amides is 1. The first-order chi connectivity index (χ1) is 13.8. The lowest BCUT2D eigenvalue weighted by Crippen LogP contribution is -2.33. The number of para-hydroxylation sites is 1. The Hall–Kier alpha value is -2.61. The summed E-state index contributed by atoms with van der Waals surface area (Å²) in [5, 5.41) is 9.41. The van der Waals surface area contributed by atoms with Crippen molar-refractivity contribution in [1.82, 2.24) is 20.1 Å². The Kier molecular flexibility index (Phi) is 6.06. The van der Waals surface area contributed by atoms with Gasteiger partial charge < -0.3 is 14.1 Å². The van der Waals surface area contributed by atoms with Gasteiger partial charge in [-0.25, -0.2) is 0 Å². The molecule has 1 aliphatic heterocycles. The maximum absolute atomic E-state index is 12.3. The lowest BCUT2D eigenvalue weighted by molar-refractivity contribution is -0.128. The summed E-state index contributed by atoms with van der Waals surface area (Å²) in [5.41, 5.74) is 0.794. The van der Waals surface area contributed by atoms with Crippen LogP contribution in [0.3, 0.4) is 0 Å². The maximum Gasteiger partial charge on any atom is 0.277 e. The molecule has 8 heteroatoms. The number of benzene rings is 1. The fourth-order valence-electron chi connectivity index (χ4n) is 3.22. The fraction of sp³-hybridized carbons (Fsp3) is 0.400. The van der Waals surface area contributed by atoms with E-state index in [0.29, 0.717) is 22.6 Å². The smallest absolute Gasteiger partial charge is 0.277 e. The molecule has 3 aromatic rings. The molecule has 0 atom stereocenters. The third kappa shape index (κ3) is 4.62. The Balaban J connectivity index is 1.31. The van der Waals surface area contributed by atoms with Gasteiger partial charge in [-0.15, -0.1) is 10.2 Å². The largest absolute Gasteiger partial charge is 0.482 e. The molecule has 1 aromatic carbocycles. The molecular formula is C20H22N4O3S. The van der Waals surface area contributed by atoms with E-state index in [2.05, 4.69) is 15.2 Å². The maximum atomic E-state index is 12.3. The number of aromatic nitrogens is 3. The number of hydrogen-bond donors (Lipinski definition) is 0. The van der Waals surface area contributed by atoms with Crippen LogP contribution in [-0.4, -0.2) is 44.8 Å². The zero-order valence-electron chi connectivity index (χ0n) is 15.5. The highest BCUT2D eigenvalue weighted by atomic mass is 32.2. The lowest BCUT2D eigenvalue weighted by Gasteiger charge is -2.19.